The van der Waals surface area contributed by atoms with E-state index in [-0.39, 0.29) is 23.9 Å². The molecule has 0 radical (unpaired) electrons. The molecule has 0 spiro atoms. The summed E-state index contributed by atoms with van der Waals surface area (Å²) in [6.45, 7) is 5.54. The molecule has 2 saturated heterocycles. The maximum Gasteiger partial charge on any atom is 0.290 e. The molecule has 0 unspecified atom stereocenters. The summed E-state index contributed by atoms with van der Waals surface area (Å²) in [7, 11) is 5.92. The van der Waals surface area contributed by atoms with Gasteiger partial charge in [-0.2, -0.15) is 0 Å². The molecule has 0 bridgehead atoms. The molecule has 0 N–H and O–H groups in total. The average molecular weight is 347 g/mol. The largest absolute Gasteiger partial charge is 0.335 e. The Kier molecular flexibility index (Phi) is 4.86. The first-order valence-electron chi connectivity index (χ1n) is 9.04. The van der Waals surface area contributed by atoms with E-state index >= 15 is 0 Å². The number of rotatable bonds is 4. The highest BCUT2D eigenvalue weighted by Crippen LogP contribution is 2.30. The first-order valence-corrected chi connectivity index (χ1v) is 9.04. The predicted molar refractivity (Wildman–Crippen MR) is 95.1 cm³/mol. The van der Waals surface area contributed by atoms with Crippen molar-refractivity contribution in [3.63, 3.8) is 0 Å². The van der Waals surface area contributed by atoms with Crippen molar-refractivity contribution in [3.05, 3.63) is 18.2 Å². The number of nitrogens with zero attached hydrogens (tertiary/aromatic N) is 5. The second kappa shape index (κ2) is 6.78. The highest BCUT2D eigenvalue weighted by atomic mass is 16.2. The zero-order valence-electron chi connectivity index (χ0n) is 15.8. The molecule has 25 heavy (non-hydrogen) atoms. The van der Waals surface area contributed by atoms with Gasteiger partial charge in [-0.1, -0.05) is 13.8 Å². The molecule has 7 heteroatoms. The zero-order valence-corrected chi connectivity index (χ0v) is 15.8. The van der Waals surface area contributed by atoms with Crippen LogP contribution in [0.2, 0.25) is 0 Å². The summed E-state index contributed by atoms with van der Waals surface area (Å²) < 4.78 is 1.73. The number of amides is 2. The molecule has 2 aliphatic heterocycles. The van der Waals surface area contributed by atoms with Crippen molar-refractivity contribution in [2.24, 2.45) is 13.0 Å². The van der Waals surface area contributed by atoms with Gasteiger partial charge < -0.3 is 19.3 Å². The summed E-state index contributed by atoms with van der Waals surface area (Å²) in [5.74, 6) is 0.697. The molecule has 2 fully saturated rings. The number of hydrogen-bond acceptors (Lipinski definition) is 4. The number of carbonyl (C=O) groups excluding carboxylic acids is 2. The van der Waals surface area contributed by atoms with Crippen LogP contribution in [0.1, 0.15) is 37.3 Å². The van der Waals surface area contributed by atoms with Gasteiger partial charge >= 0.3 is 0 Å². The van der Waals surface area contributed by atoms with Gasteiger partial charge in [0.05, 0.1) is 6.04 Å². The van der Waals surface area contributed by atoms with Crippen molar-refractivity contribution >= 4 is 11.8 Å². The van der Waals surface area contributed by atoms with Crippen molar-refractivity contribution in [1.82, 2.24) is 24.3 Å². The third kappa shape index (κ3) is 3.29. The summed E-state index contributed by atoms with van der Waals surface area (Å²) in [6, 6.07) is 0.0748. The summed E-state index contributed by atoms with van der Waals surface area (Å²) in [6.07, 6.45) is 4.99. The SMILES string of the molecule is CC(C)C[C@H]1C(=O)N2C[C@@H](N(C)C)C[C@H]2CN1C(=O)c1nccn1C. The average Bonchev–Trinajstić information content (AvgIpc) is 3.15. The second-order valence-corrected chi connectivity index (χ2v) is 7.96. The number of fused-ring (bicyclic) bond motifs is 1. The van der Waals surface area contributed by atoms with E-state index in [0.29, 0.717) is 30.7 Å². The van der Waals surface area contributed by atoms with Crippen molar-refractivity contribution < 1.29 is 9.59 Å². The molecule has 0 saturated carbocycles. The van der Waals surface area contributed by atoms with E-state index in [1.807, 2.05) is 11.9 Å². The van der Waals surface area contributed by atoms with Crippen LogP contribution in [-0.2, 0) is 11.8 Å². The Balaban J connectivity index is 1.89. The lowest BCUT2D eigenvalue weighted by atomic mass is 9.97. The highest BCUT2D eigenvalue weighted by Gasteiger charge is 2.47. The van der Waals surface area contributed by atoms with Crippen LogP contribution in [-0.4, -0.2) is 81.4 Å². The third-order valence-electron chi connectivity index (χ3n) is 5.44. The van der Waals surface area contributed by atoms with E-state index in [2.05, 4.69) is 37.8 Å². The Bertz CT molecular complexity index is 654. The van der Waals surface area contributed by atoms with E-state index < -0.39 is 0 Å². The second-order valence-electron chi connectivity index (χ2n) is 7.96. The van der Waals surface area contributed by atoms with E-state index in [9.17, 15) is 9.59 Å². The quantitative estimate of drug-likeness (QED) is 0.809. The third-order valence-corrected chi connectivity index (χ3v) is 5.44. The lowest BCUT2D eigenvalue weighted by Gasteiger charge is -2.43. The van der Waals surface area contributed by atoms with E-state index in [0.717, 1.165) is 13.0 Å². The molecule has 1 aromatic heterocycles. The maximum absolute atomic E-state index is 13.2. The van der Waals surface area contributed by atoms with E-state index in [1.165, 1.54) is 0 Å². The molecule has 1 aromatic rings. The molecule has 3 rings (SSSR count). The maximum atomic E-state index is 13.2. The minimum Gasteiger partial charge on any atom is -0.335 e. The number of imidazole rings is 1. The van der Waals surface area contributed by atoms with Gasteiger partial charge in [-0.25, -0.2) is 4.98 Å². The standard InChI is InChI=1S/C18H29N5O2/c1-12(2)8-15-17(24)22-10-13(20(3)4)9-14(22)11-23(15)18(25)16-19-6-7-21(16)5/h6-7,12-15H,8-11H2,1-5H3/t13-,14-,15-/m0/s1. The van der Waals surface area contributed by atoms with Gasteiger partial charge in [-0.05, 0) is 32.9 Å². The fourth-order valence-corrected chi connectivity index (χ4v) is 3.99. The summed E-state index contributed by atoms with van der Waals surface area (Å²) in [5, 5.41) is 0. The lowest BCUT2D eigenvalue weighted by molar-refractivity contribution is -0.142. The van der Waals surface area contributed by atoms with Crippen LogP contribution < -0.4 is 0 Å². The van der Waals surface area contributed by atoms with Crippen molar-refractivity contribution in [2.45, 2.75) is 44.8 Å². The Labute approximate surface area is 149 Å². The van der Waals surface area contributed by atoms with Gasteiger partial charge in [0.1, 0.15) is 6.04 Å². The first-order chi connectivity index (χ1) is 11.8. The first kappa shape index (κ1) is 17.9. The molecule has 138 valence electrons. The smallest absolute Gasteiger partial charge is 0.290 e. The molecule has 2 amide bonds. The van der Waals surface area contributed by atoms with E-state index in [1.54, 1.807) is 21.9 Å². The summed E-state index contributed by atoms with van der Waals surface area (Å²) in [4.78, 5) is 36.4. The van der Waals surface area contributed by atoms with Gasteiger partial charge in [-0.3, -0.25) is 9.59 Å². The van der Waals surface area contributed by atoms with Crippen molar-refractivity contribution in [3.8, 4) is 0 Å². The topological polar surface area (TPSA) is 61.7 Å². The molecular weight excluding hydrogens is 318 g/mol. The van der Waals surface area contributed by atoms with Crippen molar-refractivity contribution in [2.75, 3.05) is 27.2 Å². The van der Waals surface area contributed by atoms with Crippen LogP contribution in [0.4, 0.5) is 0 Å². The van der Waals surface area contributed by atoms with Gasteiger partial charge in [0.15, 0.2) is 5.82 Å². The minimum atomic E-state index is -0.388. The zero-order chi connectivity index (χ0) is 18.3. The number of aromatic nitrogens is 2. The number of likely N-dealkylation sites (N-methyl/N-ethyl adjacent to an activating group) is 1. The molecular formula is C18H29N5O2. The van der Waals surface area contributed by atoms with Gasteiger partial charge in [-0.15, -0.1) is 0 Å². The minimum absolute atomic E-state index is 0.0943. The van der Waals surface area contributed by atoms with Gasteiger partial charge in [0.25, 0.3) is 5.91 Å². The molecule has 3 heterocycles. The number of hydrogen-bond donors (Lipinski definition) is 0. The van der Waals surface area contributed by atoms with Crippen LogP contribution >= 0.6 is 0 Å². The van der Waals surface area contributed by atoms with Crippen LogP contribution in [0.3, 0.4) is 0 Å². The summed E-state index contributed by atoms with van der Waals surface area (Å²) in [5.41, 5.74) is 0. The highest BCUT2D eigenvalue weighted by molar-refractivity contribution is 5.96. The molecule has 0 aromatic carbocycles. The Morgan fingerprint density at radius 1 is 1.36 bits per heavy atom. The summed E-state index contributed by atoms with van der Waals surface area (Å²) >= 11 is 0. The monoisotopic (exact) mass is 347 g/mol. The normalized spacial score (nSPS) is 26.7. The number of piperazine rings is 1. The van der Waals surface area contributed by atoms with Crippen LogP contribution in [0.25, 0.3) is 0 Å². The predicted octanol–water partition coefficient (Wildman–Crippen LogP) is 0.822. The van der Waals surface area contributed by atoms with Crippen molar-refractivity contribution in [1.29, 1.82) is 0 Å². The van der Waals surface area contributed by atoms with Crippen LogP contribution in [0, 0.1) is 5.92 Å². The lowest BCUT2D eigenvalue weighted by Crippen LogP contribution is -2.61. The molecule has 7 nitrogen and oxygen atoms in total. The molecule has 3 atom stereocenters. The molecule has 0 aliphatic carbocycles. The Morgan fingerprint density at radius 2 is 2.08 bits per heavy atom. The Morgan fingerprint density at radius 3 is 2.64 bits per heavy atom. The fourth-order valence-electron chi connectivity index (χ4n) is 3.99. The molecule has 2 aliphatic rings. The van der Waals surface area contributed by atoms with E-state index in [4.69, 9.17) is 0 Å². The van der Waals surface area contributed by atoms with Crippen LogP contribution in [0.5, 0.6) is 0 Å². The van der Waals surface area contributed by atoms with Gasteiger partial charge in [0, 0.05) is 38.6 Å². The van der Waals surface area contributed by atoms with Crippen LogP contribution in [0.15, 0.2) is 12.4 Å². The number of carbonyl (C=O) groups is 2. The fraction of sp³-hybridized carbons (Fsp3) is 0.722. The Hall–Kier alpha value is -1.89. The van der Waals surface area contributed by atoms with Gasteiger partial charge in [0.2, 0.25) is 5.91 Å². The number of aryl methyl sites for hydroxylation is 1.